The summed E-state index contributed by atoms with van der Waals surface area (Å²) in [5, 5.41) is 0. The van der Waals surface area contributed by atoms with E-state index in [1.165, 1.54) is 16.8 Å². The van der Waals surface area contributed by atoms with Gasteiger partial charge in [0.15, 0.2) is 0 Å². The van der Waals surface area contributed by atoms with Crippen LogP contribution in [0.2, 0.25) is 0 Å². The van der Waals surface area contributed by atoms with Crippen LogP contribution in [0.5, 0.6) is 0 Å². The molecule has 2 nitrogen and oxygen atoms in total. The molecule has 3 heteroatoms. The molecule has 2 heterocycles. The Bertz CT molecular complexity index is 555. The quantitative estimate of drug-likeness (QED) is 0.765. The van der Waals surface area contributed by atoms with E-state index in [0.717, 1.165) is 24.3 Å². The van der Waals surface area contributed by atoms with Gasteiger partial charge in [0.25, 0.3) is 0 Å². The summed E-state index contributed by atoms with van der Waals surface area (Å²) in [5.41, 5.74) is 6.18. The second-order valence-corrected chi connectivity index (χ2v) is 4.98. The van der Waals surface area contributed by atoms with Crippen molar-refractivity contribution in [2.24, 2.45) is 0 Å². The fourth-order valence-corrected chi connectivity index (χ4v) is 2.68. The minimum Gasteiger partial charge on any atom is -0.362 e. The number of halogens is 1. The number of pyridine rings is 1. The van der Waals surface area contributed by atoms with Crippen LogP contribution in [0.15, 0.2) is 36.5 Å². The highest BCUT2D eigenvalue weighted by atomic mass is 35.5. The molecule has 0 spiro atoms. The Morgan fingerprint density at radius 1 is 1.22 bits per heavy atom. The van der Waals surface area contributed by atoms with Crippen molar-refractivity contribution in [1.82, 2.24) is 4.98 Å². The van der Waals surface area contributed by atoms with Gasteiger partial charge in [-0.15, -0.1) is 11.6 Å². The van der Waals surface area contributed by atoms with Crippen molar-refractivity contribution in [2.45, 2.75) is 25.9 Å². The van der Waals surface area contributed by atoms with Crippen molar-refractivity contribution in [2.75, 3.05) is 4.90 Å². The first-order chi connectivity index (χ1) is 8.78. The van der Waals surface area contributed by atoms with Gasteiger partial charge < -0.3 is 4.90 Å². The van der Waals surface area contributed by atoms with Gasteiger partial charge in [0.2, 0.25) is 0 Å². The Morgan fingerprint density at radius 3 is 2.50 bits per heavy atom. The third-order valence-corrected chi connectivity index (χ3v) is 3.71. The molecule has 3 rings (SSSR count). The second-order valence-electron chi connectivity index (χ2n) is 4.71. The highest BCUT2D eigenvalue weighted by molar-refractivity contribution is 6.17. The van der Waals surface area contributed by atoms with Crippen molar-refractivity contribution >= 4 is 17.3 Å². The fraction of sp³-hybridized carbons (Fsp3) is 0.267. The first-order valence-electron chi connectivity index (χ1n) is 6.11. The molecular formula is C15H15ClN2. The molecule has 0 amide bonds. The van der Waals surface area contributed by atoms with Crippen molar-refractivity contribution in [1.29, 1.82) is 0 Å². The third-order valence-electron chi connectivity index (χ3n) is 3.42. The molecule has 0 saturated carbocycles. The lowest BCUT2D eigenvalue weighted by atomic mass is 10.1. The summed E-state index contributed by atoms with van der Waals surface area (Å²) in [6.45, 7) is 3.94. The molecular weight excluding hydrogens is 244 g/mol. The topological polar surface area (TPSA) is 16.1 Å². The van der Waals surface area contributed by atoms with Crippen molar-refractivity contribution in [3.8, 4) is 0 Å². The molecule has 2 aromatic rings. The molecule has 0 atom stereocenters. The van der Waals surface area contributed by atoms with E-state index in [2.05, 4.69) is 40.2 Å². The van der Waals surface area contributed by atoms with Gasteiger partial charge in [-0.3, -0.25) is 4.98 Å². The number of anilines is 1. The van der Waals surface area contributed by atoms with E-state index in [1.54, 1.807) is 0 Å². The van der Waals surface area contributed by atoms with E-state index in [0.29, 0.717) is 5.88 Å². The number of benzene rings is 1. The molecule has 18 heavy (non-hydrogen) atoms. The summed E-state index contributed by atoms with van der Waals surface area (Å²) in [4.78, 5) is 6.69. The van der Waals surface area contributed by atoms with Gasteiger partial charge in [-0.25, -0.2) is 0 Å². The minimum atomic E-state index is 0.509. The Balaban J connectivity index is 1.97. The maximum atomic E-state index is 6.01. The lowest BCUT2D eigenvalue weighted by Gasteiger charge is -2.21. The van der Waals surface area contributed by atoms with Crippen LogP contribution in [0.4, 0.5) is 5.69 Å². The first-order valence-corrected chi connectivity index (χ1v) is 6.64. The average Bonchev–Trinajstić information content (AvgIpc) is 2.82. The maximum Gasteiger partial charge on any atom is 0.0509 e. The summed E-state index contributed by atoms with van der Waals surface area (Å²) in [6, 6.07) is 10.7. The molecule has 0 unspecified atom stereocenters. The maximum absolute atomic E-state index is 6.01. The number of fused-ring (bicyclic) bond motifs is 1. The van der Waals surface area contributed by atoms with Crippen LogP contribution >= 0.6 is 11.6 Å². The molecule has 0 radical (unpaired) electrons. The monoisotopic (exact) mass is 258 g/mol. The van der Waals surface area contributed by atoms with E-state index >= 15 is 0 Å². The van der Waals surface area contributed by atoms with Gasteiger partial charge in [0.05, 0.1) is 5.88 Å². The zero-order chi connectivity index (χ0) is 12.5. The number of rotatable bonds is 2. The molecule has 0 N–H and O–H groups in total. The van der Waals surface area contributed by atoms with E-state index in [1.807, 2.05) is 13.1 Å². The highest BCUT2D eigenvalue weighted by Crippen LogP contribution is 2.31. The summed E-state index contributed by atoms with van der Waals surface area (Å²) in [7, 11) is 0. The highest BCUT2D eigenvalue weighted by Gasteiger charge is 2.20. The minimum absolute atomic E-state index is 0.509. The summed E-state index contributed by atoms with van der Waals surface area (Å²) in [5.74, 6) is 0.509. The van der Waals surface area contributed by atoms with Crippen LogP contribution in [0.3, 0.4) is 0 Å². The van der Waals surface area contributed by atoms with Crippen LogP contribution in [0, 0.1) is 6.92 Å². The van der Waals surface area contributed by atoms with Gasteiger partial charge in [0, 0.05) is 36.2 Å². The van der Waals surface area contributed by atoms with Crippen LogP contribution in [-0.2, 0) is 19.0 Å². The Kier molecular flexibility index (Phi) is 2.96. The zero-order valence-corrected chi connectivity index (χ0v) is 11.1. The molecule has 0 fully saturated rings. The van der Waals surface area contributed by atoms with E-state index in [9.17, 15) is 0 Å². The summed E-state index contributed by atoms with van der Waals surface area (Å²) in [6.07, 6.45) is 1.89. The fourth-order valence-electron chi connectivity index (χ4n) is 2.47. The smallest absolute Gasteiger partial charge is 0.0509 e. The van der Waals surface area contributed by atoms with Crippen LogP contribution < -0.4 is 4.90 Å². The third kappa shape index (κ3) is 1.97. The summed E-state index contributed by atoms with van der Waals surface area (Å²) < 4.78 is 0. The number of nitrogens with zero attached hydrogens (tertiary/aromatic N) is 2. The zero-order valence-electron chi connectivity index (χ0n) is 10.4. The largest absolute Gasteiger partial charge is 0.362 e. The molecule has 1 aromatic heterocycles. The van der Waals surface area contributed by atoms with E-state index < -0.39 is 0 Å². The number of aromatic nitrogens is 1. The van der Waals surface area contributed by atoms with Gasteiger partial charge >= 0.3 is 0 Å². The average molecular weight is 259 g/mol. The van der Waals surface area contributed by atoms with Crippen LogP contribution in [0.1, 0.15) is 22.4 Å². The molecule has 92 valence electrons. The Hall–Kier alpha value is -1.54. The number of hydrogen-bond acceptors (Lipinski definition) is 2. The molecule has 0 saturated heterocycles. The van der Waals surface area contributed by atoms with Crippen LogP contribution in [0.25, 0.3) is 0 Å². The predicted molar refractivity (Wildman–Crippen MR) is 74.9 cm³/mol. The normalized spacial score (nSPS) is 13.8. The molecule has 1 aliphatic heterocycles. The molecule has 0 bridgehead atoms. The lowest BCUT2D eigenvalue weighted by Crippen LogP contribution is -2.16. The first kappa shape index (κ1) is 11.5. The lowest BCUT2D eigenvalue weighted by molar-refractivity contribution is 0.868. The predicted octanol–water partition coefficient (Wildman–Crippen LogP) is 3.65. The van der Waals surface area contributed by atoms with Gasteiger partial charge in [-0.2, -0.15) is 0 Å². The molecule has 0 aliphatic carbocycles. The van der Waals surface area contributed by atoms with Gasteiger partial charge in [-0.05, 0) is 24.1 Å². The summed E-state index contributed by atoms with van der Waals surface area (Å²) >= 11 is 6.01. The van der Waals surface area contributed by atoms with Gasteiger partial charge in [-0.1, -0.05) is 24.3 Å². The number of hydrogen-bond donors (Lipinski definition) is 0. The van der Waals surface area contributed by atoms with Gasteiger partial charge in [0.1, 0.15) is 0 Å². The van der Waals surface area contributed by atoms with E-state index in [4.69, 9.17) is 11.6 Å². The second kappa shape index (κ2) is 4.62. The number of aryl methyl sites for hydroxylation is 1. The Morgan fingerprint density at radius 2 is 1.89 bits per heavy atom. The number of alkyl halides is 1. The van der Waals surface area contributed by atoms with Crippen molar-refractivity contribution in [3.05, 3.63) is 58.9 Å². The van der Waals surface area contributed by atoms with Crippen molar-refractivity contribution in [3.63, 3.8) is 0 Å². The SMILES string of the molecule is Cc1cc(N2Cc3ccccc3C2)c(CCl)cn1. The van der Waals surface area contributed by atoms with E-state index in [-0.39, 0.29) is 0 Å². The Labute approximate surface area is 112 Å². The van der Waals surface area contributed by atoms with Crippen LogP contribution in [-0.4, -0.2) is 4.98 Å². The van der Waals surface area contributed by atoms with Crippen molar-refractivity contribution < 1.29 is 0 Å². The standard InChI is InChI=1S/C15H15ClN2/c1-11-6-15(14(7-16)8-17-11)18-9-12-4-2-3-5-13(12)10-18/h2-6,8H,7,9-10H2,1H3. The molecule has 1 aromatic carbocycles. The molecule has 1 aliphatic rings.